The number of carbonyl (C=O) groups is 1. The second-order valence-electron chi connectivity index (χ2n) is 5.16. The summed E-state index contributed by atoms with van der Waals surface area (Å²) in [4.78, 5) is 10.3. The van der Waals surface area contributed by atoms with E-state index in [9.17, 15) is 9.90 Å². The van der Waals surface area contributed by atoms with Crippen LogP contribution in [0.1, 0.15) is 77.0 Å². The van der Waals surface area contributed by atoms with Gasteiger partial charge in [-0.05, 0) is 19.3 Å². The minimum atomic E-state index is -0.691. The number of carboxylic acids is 1. The monoisotopic (exact) mass is 268 g/mol. The Hall–Kier alpha value is -1.01. The van der Waals surface area contributed by atoms with Gasteiger partial charge >= 0.3 is 5.97 Å². The minimum Gasteiger partial charge on any atom is -0.481 e. The fraction of sp³-hybridized carbons (Fsp3) is 0.812. The minimum absolute atomic E-state index is 0.230. The van der Waals surface area contributed by atoms with Gasteiger partial charge < -0.3 is 10.2 Å². The van der Waals surface area contributed by atoms with Crippen molar-refractivity contribution in [1.29, 1.82) is 0 Å². The van der Waals surface area contributed by atoms with Gasteiger partial charge in [-0.25, -0.2) is 0 Å². The molecule has 3 heteroatoms. The van der Waals surface area contributed by atoms with Gasteiger partial charge in [0.2, 0.25) is 0 Å². The van der Waals surface area contributed by atoms with Crippen LogP contribution in [-0.4, -0.2) is 22.3 Å². The zero-order valence-corrected chi connectivity index (χ0v) is 11.9. The molecule has 0 aliphatic carbocycles. The topological polar surface area (TPSA) is 57.5 Å². The molecule has 1 atom stereocenters. The first-order valence-electron chi connectivity index (χ1n) is 7.50. The molecule has 0 bridgehead atoms. The van der Waals surface area contributed by atoms with E-state index in [0.717, 1.165) is 38.5 Å². The largest absolute Gasteiger partial charge is 0.481 e. The standard InChI is InChI=1S/C16H28O3/c1-2-3-12-15(17)13-10-8-6-4-5-7-9-11-14-16(18)19/h1,15,17H,3-14H2,(H,18,19)/t15-/m1/s1. The number of terminal acetylenes is 1. The quantitative estimate of drug-likeness (QED) is 0.395. The predicted molar refractivity (Wildman–Crippen MR) is 77.9 cm³/mol. The van der Waals surface area contributed by atoms with E-state index in [2.05, 4.69) is 5.92 Å². The highest BCUT2D eigenvalue weighted by atomic mass is 16.4. The maximum atomic E-state index is 10.3. The van der Waals surface area contributed by atoms with Crippen molar-refractivity contribution in [2.45, 2.75) is 83.2 Å². The Balaban J connectivity index is 3.10. The summed E-state index contributed by atoms with van der Waals surface area (Å²) in [5, 5.41) is 18.1. The molecule has 0 aromatic rings. The molecule has 0 saturated heterocycles. The fourth-order valence-corrected chi connectivity index (χ4v) is 2.11. The SMILES string of the molecule is C#CCC[C@@H](O)CCCCCCCCCCC(=O)O. The number of rotatable bonds is 13. The van der Waals surface area contributed by atoms with Crippen molar-refractivity contribution >= 4 is 5.97 Å². The highest BCUT2D eigenvalue weighted by Gasteiger charge is 2.02. The van der Waals surface area contributed by atoms with E-state index < -0.39 is 5.97 Å². The van der Waals surface area contributed by atoms with Gasteiger partial charge in [0.15, 0.2) is 0 Å². The van der Waals surface area contributed by atoms with Crippen LogP contribution in [0.2, 0.25) is 0 Å². The van der Waals surface area contributed by atoms with E-state index in [1.807, 2.05) is 0 Å². The number of hydrogen-bond donors (Lipinski definition) is 2. The van der Waals surface area contributed by atoms with Crippen LogP contribution in [0.3, 0.4) is 0 Å². The Morgan fingerprint density at radius 2 is 1.47 bits per heavy atom. The Bertz CT molecular complexity index is 255. The van der Waals surface area contributed by atoms with E-state index in [4.69, 9.17) is 11.5 Å². The molecule has 0 fully saturated rings. The van der Waals surface area contributed by atoms with Crippen LogP contribution in [0.25, 0.3) is 0 Å². The van der Waals surface area contributed by atoms with Crippen molar-refractivity contribution in [3.63, 3.8) is 0 Å². The number of unbranched alkanes of at least 4 members (excludes halogenated alkanes) is 7. The van der Waals surface area contributed by atoms with Gasteiger partial charge in [0.05, 0.1) is 6.10 Å². The molecule has 0 saturated carbocycles. The summed E-state index contributed by atoms with van der Waals surface area (Å²) in [6.45, 7) is 0. The van der Waals surface area contributed by atoms with Crippen LogP contribution < -0.4 is 0 Å². The molecule has 0 radical (unpaired) electrons. The van der Waals surface area contributed by atoms with Gasteiger partial charge in [-0.15, -0.1) is 12.3 Å². The fourth-order valence-electron chi connectivity index (χ4n) is 2.11. The summed E-state index contributed by atoms with van der Waals surface area (Å²) in [7, 11) is 0. The molecule has 0 rings (SSSR count). The molecule has 110 valence electrons. The summed E-state index contributed by atoms with van der Waals surface area (Å²) in [6.07, 6.45) is 16.3. The van der Waals surface area contributed by atoms with Crippen molar-refractivity contribution in [2.75, 3.05) is 0 Å². The van der Waals surface area contributed by atoms with Crippen LogP contribution in [0.5, 0.6) is 0 Å². The van der Waals surface area contributed by atoms with Gasteiger partial charge in [0, 0.05) is 12.8 Å². The molecular formula is C16H28O3. The van der Waals surface area contributed by atoms with Crippen LogP contribution >= 0.6 is 0 Å². The van der Waals surface area contributed by atoms with Gasteiger partial charge in [-0.3, -0.25) is 4.79 Å². The Labute approximate surface area is 117 Å². The molecule has 2 N–H and O–H groups in total. The molecule has 0 amide bonds. The highest BCUT2D eigenvalue weighted by molar-refractivity contribution is 5.66. The van der Waals surface area contributed by atoms with Crippen molar-refractivity contribution in [3.05, 3.63) is 0 Å². The second-order valence-corrected chi connectivity index (χ2v) is 5.16. The van der Waals surface area contributed by atoms with Gasteiger partial charge in [-0.1, -0.05) is 44.9 Å². The van der Waals surface area contributed by atoms with Crippen LogP contribution in [-0.2, 0) is 4.79 Å². The summed E-state index contributed by atoms with van der Waals surface area (Å²) < 4.78 is 0. The summed E-state index contributed by atoms with van der Waals surface area (Å²) in [6, 6.07) is 0. The Kier molecular flexibility index (Phi) is 12.7. The van der Waals surface area contributed by atoms with Crippen molar-refractivity contribution in [3.8, 4) is 12.3 Å². The van der Waals surface area contributed by atoms with Gasteiger partial charge in [0.1, 0.15) is 0 Å². The first-order valence-corrected chi connectivity index (χ1v) is 7.50. The third-order valence-electron chi connectivity index (χ3n) is 3.30. The van der Waals surface area contributed by atoms with E-state index in [1.54, 1.807) is 0 Å². The number of aliphatic hydroxyl groups excluding tert-OH is 1. The lowest BCUT2D eigenvalue weighted by Gasteiger charge is -2.08. The zero-order chi connectivity index (χ0) is 14.3. The number of carboxylic acid groups (broad SMARTS) is 1. The van der Waals surface area contributed by atoms with Gasteiger partial charge in [0.25, 0.3) is 0 Å². The van der Waals surface area contributed by atoms with E-state index in [0.29, 0.717) is 12.8 Å². The lowest BCUT2D eigenvalue weighted by Crippen LogP contribution is -2.05. The Morgan fingerprint density at radius 3 is 2.00 bits per heavy atom. The highest BCUT2D eigenvalue weighted by Crippen LogP contribution is 2.12. The van der Waals surface area contributed by atoms with E-state index in [-0.39, 0.29) is 6.10 Å². The lowest BCUT2D eigenvalue weighted by atomic mass is 10.0. The third kappa shape index (κ3) is 14.9. The summed E-state index contributed by atoms with van der Waals surface area (Å²) in [5.74, 6) is 1.85. The van der Waals surface area contributed by atoms with E-state index in [1.165, 1.54) is 25.7 Å². The van der Waals surface area contributed by atoms with Crippen molar-refractivity contribution < 1.29 is 15.0 Å². The molecule has 0 aromatic carbocycles. The normalized spacial score (nSPS) is 12.0. The van der Waals surface area contributed by atoms with Crippen LogP contribution in [0.15, 0.2) is 0 Å². The first-order chi connectivity index (χ1) is 9.16. The molecule has 0 heterocycles. The van der Waals surface area contributed by atoms with Crippen molar-refractivity contribution in [2.24, 2.45) is 0 Å². The van der Waals surface area contributed by atoms with E-state index >= 15 is 0 Å². The molecule has 0 aliphatic heterocycles. The lowest BCUT2D eigenvalue weighted by molar-refractivity contribution is -0.137. The third-order valence-corrected chi connectivity index (χ3v) is 3.30. The van der Waals surface area contributed by atoms with Crippen LogP contribution in [0.4, 0.5) is 0 Å². The predicted octanol–water partition coefficient (Wildman–Crippen LogP) is 3.75. The molecule has 3 nitrogen and oxygen atoms in total. The molecule has 0 aliphatic rings. The maximum absolute atomic E-state index is 10.3. The molecule has 0 unspecified atom stereocenters. The first kappa shape index (κ1) is 18.0. The summed E-state index contributed by atoms with van der Waals surface area (Å²) in [5.41, 5.74) is 0. The second kappa shape index (κ2) is 13.4. The number of aliphatic hydroxyl groups is 1. The Morgan fingerprint density at radius 1 is 0.947 bits per heavy atom. The average molecular weight is 268 g/mol. The molecule has 0 spiro atoms. The molecular weight excluding hydrogens is 240 g/mol. The number of hydrogen-bond acceptors (Lipinski definition) is 2. The molecule has 0 aromatic heterocycles. The van der Waals surface area contributed by atoms with Crippen molar-refractivity contribution in [1.82, 2.24) is 0 Å². The smallest absolute Gasteiger partial charge is 0.303 e. The number of aliphatic carboxylic acids is 1. The van der Waals surface area contributed by atoms with Gasteiger partial charge in [-0.2, -0.15) is 0 Å². The summed E-state index contributed by atoms with van der Waals surface area (Å²) >= 11 is 0. The zero-order valence-electron chi connectivity index (χ0n) is 11.9. The maximum Gasteiger partial charge on any atom is 0.303 e. The molecule has 19 heavy (non-hydrogen) atoms. The average Bonchev–Trinajstić information content (AvgIpc) is 2.38. The van der Waals surface area contributed by atoms with Crippen LogP contribution in [0, 0.1) is 12.3 Å².